The second-order valence-corrected chi connectivity index (χ2v) is 5.85. The maximum atomic E-state index is 11.8. The highest BCUT2D eigenvalue weighted by Crippen LogP contribution is 2.18. The summed E-state index contributed by atoms with van der Waals surface area (Å²) < 4.78 is 5.30. The number of hydrogen-bond donors (Lipinski definition) is 1. The van der Waals surface area contributed by atoms with E-state index in [4.69, 9.17) is 4.52 Å². The first-order chi connectivity index (χ1) is 11.6. The largest absolute Gasteiger partial charge is 0.348 e. The minimum atomic E-state index is -0.106. The van der Waals surface area contributed by atoms with E-state index >= 15 is 0 Å². The molecule has 0 spiro atoms. The zero-order chi connectivity index (χ0) is 17.4. The van der Waals surface area contributed by atoms with Gasteiger partial charge in [0.25, 0.3) is 5.89 Å². The van der Waals surface area contributed by atoms with Crippen LogP contribution in [0.5, 0.6) is 0 Å². The monoisotopic (exact) mass is 328 g/mol. The van der Waals surface area contributed by atoms with Crippen LogP contribution in [0.1, 0.15) is 24.7 Å². The van der Waals surface area contributed by atoms with E-state index in [0.717, 1.165) is 36.3 Å². The molecular weight excluding hydrogens is 304 g/mol. The third-order valence-corrected chi connectivity index (χ3v) is 3.32. The number of amides is 1. The second kappa shape index (κ2) is 8.98. The summed E-state index contributed by atoms with van der Waals surface area (Å²) >= 11 is 0. The molecule has 0 saturated heterocycles. The molecule has 0 aliphatic carbocycles. The Bertz CT molecular complexity index is 692. The van der Waals surface area contributed by atoms with Gasteiger partial charge in [0.2, 0.25) is 5.91 Å². The molecule has 0 bridgehead atoms. The fourth-order valence-corrected chi connectivity index (χ4v) is 2.13. The SMILES string of the molecule is CCCc1noc(-c2cccc(CNC(=O)/C=C/CN(C)C)c2)n1. The summed E-state index contributed by atoms with van der Waals surface area (Å²) in [5.41, 5.74) is 1.84. The lowest BCUT2D eigenvalue weighted by molar-refractivity contribution is -0.116. The van der Waals surface area contributed by atoms with E-state index in [1.54, 1.807) is 6.08 Å². The molecule has 24 heavy (non-hydrogen) atoms. The zero-order valence-electron chi connectivity index (χ0n) is 14.5. The number of aromatic nitrogens is 2. The number of rotatable bonds is 8. The van der Waals surface area contributed by atoms with E-state index in [1.165, 1.54) is 0 Å². The van der Waals surface area contributed by atoms with E-state index in [9.17, 15) is 4.79 Å². The Hall–Kier alpha value is -2.47. The van der Waals surface area contributed by atoms with Gasteiger partial charge in [-0.2, -0.15) is 4.98 Å². The number of hydrogen-bond acceptors (Lipinski definition) is 5. The number of benzene rings is 1. The van der Waals surface area contributed by atoms with Crippen LogP contribution < -0.4 is 5.32 Å². The molecule has 0 saturated carbocycles. The Morgan fingerprint density at radius 3 is 2.96 bits per heavy atom. The van der Waals surface area contributed by atoms with Crippen molar-refractivity contribution in [3.05, 3.63) is 47.8 Å². The van der Waals surface area contributed by atoms with Crippen molar-refractivity contribution in [3.63, 3.8) is 0 Å². The molecule has 0 aliphatic heterocycles. The van der Waals surface area contributed by atoms with Crippen LogP contribution in [0.25, 0.3) is 11.5 Å². The fourth-order valence-electron chi connectivity index (χ4n) is 2.13. The van der Waals surface area contributed by atoms with E-state index < -0.39 is 0 Å². The molecular formula is C18H24N4O2. The third-order valence-electron chi connectivity index (χ3n) is 3.32. The van der Waals surface area contributed by atoms with Gasteiger partial charge in [-0.15, -0.1) is 0 Å². The molecule has 0 radical (unpaired) electrons. The smallest absolute Gasteiger partial charge is 0.257 e. The van der Waals surface area contributed by atoms with Gasteiger partial charge in [0.15, 0.2) is 5.82 Å². The average Bonchev–Trinajstić information content (AvgIpc) is 3.02. The summed E-state index contributed by atoms with van der Waals surface area (Å²) in [4.78, 5) is 18.1. The van der Waals surface area contributed by atoms with Crippen molar-refractivity contribution >= 4 is 5.91 Å². The first kappa shape index (κ1) is 17.9. The Balaban J connectivity index is 1.95. The standard InChI is InChI=1S/C18H24N4O2/c1-4-7-16-20-18(24-21-16)15-9-5-8-14(12-15)13-19-17(23)10-6-11-22(2)3/h5-6,8-10,12H,4,7,11,13H2,1-3H3,(H,19,23)/b10-6+. The first-order valence-electron chi connectivity index (χ1n) is 8.09. The van der Waals surface area contributed by atoms with Gasteiger partial charge in [-0.1, -0.05) is 30.3 Å². The molecule has 2 rings (SSSR count). The number of aryl methyl sites for hydroxylation is 1. The molecule has 0 aliphatic rings. The lowest BCUT2D eigenvalue weighted by Crippen LogP contribution is -2.21. The van der Waals surface area contributed by atoms with Crippen molar-refractivity contribution in [1.29, 1.82) is 0 Å². The number of carbonyl (C=O) groups is 1. The van der Waals surface area contributed by atoms with Crippen LogP contribution in [0.3, 0.4) is 0 Å². The molecule has 1 aromatic carbocycles. The number of nitrogens with zero attached hydrogens (tertiary/aromatic N) is 3. The Kier molecular flexibility index (Phi) is 6.69. The summed E-state index contributed by atoms with van der Waals surface area (Å²) in [7, 11) is 3.91. The van der Waals surface area contributed by atoms with Crippen molar-refractivity contribution in [1.82, 2.24) is 20.4 Å². The fraction of sp³-hybridized carbons (Fsp3) is 0.389. The molecule has 6 nitrogen and oxygen atoms in total. The van der Waals surface area contributed by atoms with Gasteiger partial charge in [-0.3, -0.25) is 4.79 Å². The summed E-state index contributed by atoms with van der Waals surface area (Å²) in [5, 5.41) is 6.83. The van der Waals surface area contributed by atoms with Crippen molar-refractivity contribution in [3.8, 4) is 11.5 Å². The van der Waals surface area contributed by atoms with Crippen LogP contribution in [-0.4, -0.2) is 41.6 Å². The van der Waals surface area contributed by atoms with Crippen LogP contribution in [0.4, 0.5) is 0 Å². The average molecular weight is 328 g/mol. The minimum Gasteiger partial charge on any atom is -0.348 e. The molecule has 6 heteroatoms. The molecule has 128 valence electrons. The lowest BCUT2D eigenvalue weighted by atomic mass is 10.1. The normalized spacial score (nSPS) is 11.3. The van der Waals surface area contributed by atoms with Gasteiger partial charge < -0.3 is 14.7 Å². The molecule has 0 fully saturated rings. The molecule has 1 heterocycles. The number of carbonyl (C=O) groups excluding carboxylic acids is 1. The maximum absolute atomic E-state index is 11.8. The van der Waals surface area contributed by atoms with E-state index in [-0.39, 0.29) is 5.91 Å². The van der Waals surface area contributed by atoms with Gasteiger partial charge in [0.1, 0.15) is 0 Å². The minimum absolute atomic E-state index is 0.106. The molecule has 1 aromatic heterocycles. The van der Waals surface area contributed by atoms with Crippen LogP contribution in [0.2, 0.25) is 0 Å². The number of nitrogens with one attached hydrogen (secondary N) is 1. The van der Waals surface area contributed by atoms with E-state index in [0.29, 0.717) is 12.4 Å². The summed E-state index contributed by atoms with van der Waals surface area (Å²) in [6, 6.07) is 7.75. The van der Waals surface area contributed by atoms with Gasteiger partial charge in [-0.05, 0) is 38.2 Å². The summed E-state index contributed by atoms with van der Waals surface area (Å²) in [5.74, 6) is 1.13. The van der Waals surface area contributed by atoms with Crippen molar-refractivity contribution in [2.45, 2.75) is 26.3 Å². The number of likely N-dealkylation sites (N-methyl/N-ethyl adjacent to an activating group) is 1. The molecule has 0 unspecified atom stereocenters. The van der Waals surface area contributed by atoms with Crippen molar-refractivity contribution < 1.29 is 9.32 Å². The second-order valence-electron chi connectivity index (χ2n) is 5.85. The van der Waals surface area contributed by atoms with Gasteiger partial charge >= 0.3 is 0 Å². The quantitative estimate of drug-likeness (QED) is 0.754. The van der Waals surface area contributed by atoms with Gasteiger partial charge in [-0.25, -0.2) is 0 Å². The van der Waals surface area contributed by atoms with Crippen LogP contribution in [-0.2, 0) is 17.8 Å². The van der Waals surface area contributed by atoms with Gasteiger partial charge in [0.05, 0.1) is 0 Å². The van der Waals surface area contributed by atoms with Crippen LogP contribution in [0.15, 0.2) is 40.9 Å². The van der Waals surface area contributed by atoms with Crippen molar-refractivity contribution in [2.24, 2.45) is 0 Å². The molecule has 2 aromatic rings. The Morgan fingerprint density at radius 2 is 2.21 bits per heavy atom. The summed E-state index contributed by atoms with van der Waals surface area (Å²) in [6.07, 6.45) is 5.17. The molecule has 0 atom stereocenters. The molecule has 1 amide bonds. The van der Waals surface area contributed by atoms with Crippen LogP contribution in [0, 0.1) is 0 Å². The van der Waals surface area contributed by atoms with Crippen LogP contribution >= 0.6 is 0 Å². The van der Waals surface area contributed by atoms with Gasteiger partial charge in [0, 0.05) is 31.1 Å². The highest BCUT2D eigenvalue weighted by Gasteiger charge is 2.09. The lowest BCUT2D eigenvalue weighted by Gasteiger charge is -2.05. The third kappa shape index (κ3) is 5.62. The van der Waals surface area contributed by atoms with E-state index in [2.05, 4.69) is 22.4 Å². The maximum Gasteiger partial charge on any atom is 0.257 e. The topological polar surface area (TPSA) is 71.3 Å². The Labute approximate surface area is 142 Å². The summed E-state index contributed by atoms with van der Waals surface area (Å²) in [6.45, 7) is 3.27. The predicted molar refractivity (Wildman–Crippen MR) is 93.3 cm³/mol. The highest BCUT2D eigenvalue weighted by molar-refractivity contribution is 5.87. The predicted octanol–water partition coefficient (Wildman–Crippen LogP) is 2.42. The zero-order valence-corrected chi connectivity index (χ0v) is 14.5. The molecule has 1 N–H and O–H groups in total. The highest BCUT2D eigenvalue weighted by atomic mass is 16.5. The Morgan fingerprint density at radius 1 is 1.38 bits per heavy atom. The first-order valence-corrected chi connectivity index (χ1v) is 8.09. The van der Waals surface area contributed by atoms with E-state index in [1.807, 2.05) is 49.3 Å². The van der Waals surface area contributed by atoms with Crippen molar-refractivity contribution in [2.75, 3.05) is 20.6 Å².